The van der Waals surface area contributed by atoms with Gasteiger partial charge in [0.1, 0.15) is 0 Å². The quantitative estimate of drug-likeness (QED) is 0.752. The highest BCUT2D eigenvalue weighted by Gasteiger charge is 2.08. The molecular weight excluding hydrogens is 192 g/mol. The molecule has 0 bridgehead atoms. The monoisotopic (exact) mass is 212 g/mol. The van der Waals surface area contributed by atoms with Crippen LogP contribution in [0.3, 0.4) is 0 Å². The van der Waals surface area contributed by atoms with Crippen molar-refractivity contribution in [3.63, 3.8) is 0 Å². The average Bonchev–Trinajstić information content (AvgIpc) is 2.67. The second-order valence-electron chi connectivity index (χ2n) is 3.57. The van der Waals surface area contributed by atoms with Gasteiger partial charge in [0.15, 0.2) is 0 Å². The van der Waals surface area contributed by atoms with Gasteiger partial charge in [0, 0.05) is 17.1 Å². The summed E-state index contributed by atoms with van der Waals surface area (Å²) in [5.74, 6) is 0. The number of hydrogen-bond acceptors (Lipinski definition) is 3. The predicted octanol–water partition coefficient (Wildman–Crippen LogP) is 2.85. The molecule has 0 aliphatic rings. The second-order valence-corrected chi connectivity index (χ2v) is 4.54. The molecule has 0 saturated heterocycles. The molecule has 2 nitrogen and oxygen atoms in total. The summed E-state index contributed by atoms with van der Waals surface area (Å²) >= 11 is 1.76. The minimum atomic E-state index is 0.639. The largest absolute Gasteiger partial charge is 0.314 e. The van der Waals surface area contributed by atoms with Gasteiger partial charge in [-0.15, -0.1) is 11.3 Å². The van der Waals surface area contributed by atoms with Gasteiger partial charge in [0.05, 0.1) is 5.51 Å². The number of aromatic nitrogens is 1. The third-order valence-electron chi connectivity index (χ3n) is 2.33. The maximum atomic E-state index is 4.11. The van der Waals surface area contributed by atoms with Gasteiger partial charge in [-0.2, -0.15) is 0 Å². The average molecular weight is 212 g/mol. The summed E-state index contributed by atoms with van der Waals surface area (Å²) in [7, 11) is 0. The highest BCUT2D eigenvalue weighted by molar-refractivity contribution is 7.09. The summed E-state index contributed by atoms with van der Waals surface area (Å²) in [5, 5.41) is 3.53. The number of likely N-dealkylation sites (N-methyl/N-ethyl adjacent to an activating group) is 1. The molecule has 80 valence electrons. The Hall–Kier alpha value is -0.410. The molecule has 3 heteroatoms. The Balaban J connectivity index is 2.34. The van der Waals surface area contributed by atoms with E-state index in [1.54, 1.807) is 11.3 Å². The van der Waals surface area contributed by atoms with Crippen LogP contribution in [0.4, 0.5) is 0 Å². The van der Waals surface area contributed by atoms with Crippen LogP contribution in [0, 0.1) is 0 Å². The molecule has 1 aromatic heterocycles. The van der Waals surface area contributed by atoms with Crippen molar-refractivity contribution in [2.24, 2.45) is 0 Å². The number of nitrogens with one attached hydrogen (secondary N) is 1. The Morgan fingerprint density at radius 2 is 2.36 bits per heavy atom. The van der Waals surface area contributed by atoms with Gasteiger partial charge in [0.2, 0.25) is 0 Å². The number of hydrogen-bond donors (Lipinski definition) is 1. The molecule has 0 amide bonds. The SMILES string of the molecule is CCCCC(Cc1cncs1)NCC. The number of rotatable bonds is 7. The Morgan fingerprint density at radius 1 is 1.50 bits per heavy atom. The van der Waals surface area contributed by atoms with Crippen LogP contribution in [0.5, 0.6) is 0 Å². The van der Waals surface area contributed by atoms with Crippen LogP contribution in [0.15, 0.2) is 11.7 Å². The smallest absolute Gasteiger partial charge is 0.0794 e. The van der Waals surface area contributed by atoms with Crippen LogP contribution in [0.1, 0.15) is 38.0 Å². The highest BCUT2D eigenvalue weighted by Crippen LogP contribution is 2.12. The maximum Gasteiger partial charge on any atom is 0.0794 e. The van der Waals surface area contributed by atoms with E-state index in [0.717, 1.165) is 13.0 Å². The van der Waals surface area contributed by atoms with E-state index in [0.29, 0.717) is 6.04 Å². The van der Waals surface area contributed by atoms with Crippen molar-refractivity contribution in [3.05, 3.63) is 16.6 Å². The third kappa shape index (κ3) is 4.20. The second kappa shape index (κ2) is 6.96. The van der Waals surface area contributed by atoms with E-state index in [1.807, 2.05) is 11.7 Å². The van der Waals surface area contributed by atoms with Gasteiger partial charge in [-0.1, -0.05) is 26.7 Å². The minimum absolute atomic E-state index is 0.639. The van der Waals surface area contributed by atoms with Crippen LogP contribution >= 0.6 is 11.3 Å². The molecule has 0 aromatic carbocycles. The van der Waals surface area contributed by atoms with Crippen LogP contribution in [-0.4, -0.2) is 17.6 Å². The zero-order valence-electron chi connectivity index (χ0n) is 9.12. The Morgan fingerprint density at radius 3 is 2.93 bits per heavy atom. The van der Waals surface area contributed by atoms with E-state index in [1.165, 1.54) is 24.1 Å². The van der Waals surface area contributed by atoms with E-state index >= 15 is 0 Å². The van der Waals surface area contributed by atoms with Gasteiger partial charge >= 0.3 is 0 Å². The van der Waals surface area contributed by atoms with Crippen molar-refractivity contribution in [2.75, 3.05) is 6.54 Å². The van der Waals surface area contributed by atoms with Gasteiger partial charge in [-0.05, 0) is 19.4 Å². The number of nitrogens with zero attached hydrogens (tertiary/aromatic N) is 1. The summed E-state index contributed by atoms with van der Waals surface area (Å²) < 4.78 is 0. The number of thiazole rings is 1. The minimum Gasteiger partial charge on any atom is -0.314 e. The normalized spacial score (nSPS) is 13.0. The molecule has 1 atom stereocenters. The predicted molar refractivity (Wildman–Crippen MR) is 62.8 cm³/mol. The molecule has 1 rings (SSSR count). The lowest BCUT2D eigenvalue weighted by Gasteiger charge is -2.16. The Labute approximate surface area is 90.8 Å². The molecule has 1 heterocycles. The van der Waals surface area contributed by atoms with Gasteiger partial charge in [0.25, 0.3) is 0 Å². The molecule has 0 saturated carbocycles. The first-order valence-corrected chi connectivity index (χ1v) is 6.35. The third-order valence-corrected chi connectivity index (χ3v) is 3.13. The van der Waals surface area contributed by atoms with E-state index in [9.17, 15) is 0 Å². The zero-order chi connectivity index (χ0) is 10.2. The molecule has 0 radical (unpaired) electrons. The van der Waals surface area contributed by atoms with Crippen molar-refractivity contribution in [2.45, 2.75) is 45.6 Å². The fourth-order valence-electron chi connectivity index (χ4n) is 1.60. The number of unbranched alkanes of at least 4 members (excludes halogenated alkanes) is 1. The van der Waals surface area contributed by atoms with Crippen molar-refractivity contribution >= 4 is 11.3 Å². The van der Waals surface area contributed by atoms with Crippen LogP contribution in [-0.2, 0) is 6.42 Å². The standard InChI is InChI=1S/C11H20N2S/c1-3-5-6-10(13-4-2)7-11-8-12-9-14-11/h8-10,13H,3-7H2,1-2H3. The van der Waals surface area contributed by atoms with Gasteiger partial charge in [-0.3, -0.25) is 4.98 Å². The summed E-state index contributed by atoms with van der Waals surface area (Å²) in [4.78, 5) is 5.50. The van der Waals surface area contributed by atoms with E-state index in [-0.39, 0.29) is 0 Å². The fourth-order valence-corrected chi connectivity index (χ4v) is 2.28. The Kier molecular flexibility index (Phi) is 5.80. The first-order chi connectivity index (χ1) is 6.86. The highest BCUT2D eigenvalue weighted by atomic mass is 32.1. The van der Waals surface area contributed by atoms with Crippen LogP contribution in [0.2, 0.25) is 0 Å². The molecule has 1 N–H and O–H groups in total. The zero-order valence-corrected chi connectivity index (χ0v) is 9.94. The van der Waals surface area contributed by atoms with Crippen molar-refractivity contribution in [1.29, 1.82) is 0 Å². The van der Waals surface area contributed by atoms with Gasteiger partial charge < -0.3 is 5.32 Å². The van der Waals surface area contributed by atoms with Crippen molar-refractivity contribution in [1.82, 2.24) is 10.3 Å². The summed E-state index contributed by atoms with van der Waals surface area (Å²) in [6.07, 6.45) is 7.00. The topological polar surface area (TPSA) is 24.9 Å². The first kappa shape index (κ1) is 11.7. The van der Waals surface area contributed by atoms with E-state index in [4.69, 9.17) is 0 Å². The van der Waals surface area contributed by atoms with Crippen molar-refractivity contribution < 1.29 is 0 Å². The summed E-state index contributed by atoms with van der Waals surface area (Å²) in [6.45, 7) is 5.48. The van der Waals surface area contributed by atoms with E-state index < -0.39 is 0 Å². The lowest BCUT2D eigenvalue weighted by molar-refractivity contribution is 0.476. The maximum absolute atomic E-state index is 4.11. The first-order valence-electron chi connectivity index (χ1n) is 5.47. The molecule has 0 fully saturated rings. The molecule has 14 heavy (non-hydrogen) atoms. The van der Waals surface area contributed by atoms with Crippen LogP contribution < -0.4 is 5.32 Å². The van der Waals surface area contributed by atoms with Crippen LogP contribution in [0.25, 0.3) is 0 Å². The molecule has 1 unspecified atom stereocenters. The lowest BCUT2D eigenvalue weighted by atomic mass is 10.1. The fraction of sp³-hybridized carbons (Fsp3) is 0.727. The molecule has 0 aliphatic heterocycles. The van der Waals surface area contributed by atoms with Crippen molar-refractivity contribution in [3.8, 4) is 0 Å². The molecule has 1 aromatic rings. The summed E-state index contributed by atoms with van der Waals surface area (Å²) in [5.41, 5.74) is 1.91. The molecule has 0 aliphatic carbocycles. The van der Waals surface area contributed by atoms with E-state index in [2.05, 4.69) is 24.1 Å². The molecular formula is C11H20N2S. The molecule has 0 spiro atoms. The lowest BCUT2D eigenvalue weighted by Crippen LogP contribution is -2.30. The summed E-state index contributed by atoms with van der Waals surface area (Å²) in [6, 6.07) is 0.639. The Bertz CT molecular complexity index is 221. The van der Waals surface area contributed by atoms with Gasteiger partial charge in [-0.25, -0.2) is 0 Å².